The largest absolute Gasteiger partial charge is 0.416 e. The van der Waals surface area contributed by atoms with Gasteiger partial charge < -0.3 is 0 Å². The lowest BCUT2D eigenvalue weighted by atomic mass is 10.1. The van der Waals surface area contributed by atoms with Crippen molar-refractivity contribution in [1.29, 1.82) is 0 Å². The fraction of sp³-hybridized carbons (Fsp3) is 0.625. The summed E-state index contributed by atoms with van der Waals surface area (Å²) in [6, 6.07) is 3.71. The molecule has 22 heavy (non-hydrogen) atoms. The summed E-state index contributed by atoms with van der Waals surface area (Å²) in [7, 11) is -1.66. The molecular weight excluding hydrogens is 311 g/mol. The molecule has 1 atom stereocenters. The summed E-state index contributed by atoms with van der Waals surface area (Å²) in [5, 5.41) is 0. The molecule has 0 aliphatic carbocycles. The Morgan fingerprint density at radius 3 is 1.82 bits per heavy atom. The quantitative estimate of drug-likeness (QED) is 0.760. The van der Waals surface area contributed by atoms with Crippen molar-refractivity contribution in [2.24, 2.45) is 0 Å². The summed E-state index contributed by atoms with van der Waals surface area (Å²) < 4.78 is 52.8. The summed E-state index contributed by atoms with van der Waals surface area (Å²) in [5.74, 6) is 0. The Balaban J connectivity index is 0. The van der Waals surface area contributed by atoms with Crippen molar-refractivity contribution in [3.05, 3.63) is 29.3 Å². The fourth-order valence-corrected chi connectivity index (χ4v) is 2.45. The van der Waals surface area contributed by atoms with Crippen LogP contribution >= 0.6 is 0 Å². The predicted octanol–water partition coefficient (Wildman–Crippen LogP) is 5.48. The molecule has 0 bridgehead atoms. The lowest BCUT2D eigenvalue weighted by Crippen LogP contribution is -2.37. The van der Waals surface area contributed by atoms with Crippen LogP contribution in [0.1, 0.15) is 59.6 Å². The first kappa shape index (κ1) is 23.4. The van der Waals surface area contributed by atoms with Crippen LogP contribution in [0.25, 0.3) is 0 Å². The molecule has 0 aromatic heterocycles. The van der Waals surface area contributed by atoms with E-state index in [2.05, 4.69) is 4.72 Å². The Hall–Kier alpha value is -0.880. The first-order valence-electron chi connectivity index (χ1n) is 7.38. The van der Waals surface area contributed by atoms with Gasteiger partial charge in [-0.25, -0.2) is 8.93 Å². The number of hydrogen-bond donors (Lipinski definition) is 1. The minimum atomic E-state index is -4.42. The van der Waals surface area contributed by atoms with E-state index in [-0.39, 0.29) is 10.5 Å². The van der Waals surface area contributed by atoms with Crippen LogP contribution in [-0.2, 0) is 17.2 Å². The lowest BCUT2D eigenvalue weighted by molar-refractivity contribution is -0.138. The third-order valence-electron chi connectivity index (χ3n) is 2.13. The van der Waals surface area contributed by atoms with E-state index in [1.54, 1.807) is 20.8 Å². The SMILES string of the molecule is CC.CC.Cc1ccc(S(=O)NC(C)(C)C)cc1C(F)(F)F. The van der Waals surface area contributed by atoms with Gasteiger partial charge in [0.25, 0.3) is 0 Å². The molecule has 0 saturated heterocycles. The maximum Gasteiger partial charge on any atom is 0.416 e. The van der Waals surface area contributed by atoms with E-state index in [4.69, 9.17) is 0 Å². The molecular formula is C16H28F3NOS. The minimum absolute atomic E-state index is 0.124. The van der Waals surface area contributed by atoms with Crippen LogP contribution in [0, 0.1) is 6.92 Å². The van der Waals surface area contributed by atoms with E-state index in [9.17, 15) is 17.4 Å². The molecule has 1 aromatic rings. The lowest BCUT2D eigenvalue weighted by Gasteiger charge is -2.20. The average Bonchev–Trinajstić information content (AvgIpc) is 2.40. The highest BCUT2D eigenvalue weighted by Crippen LogP contribution is 2.32. The van der Waals surface area contributed by atoms with E-state index >= 15 is 0 Å². The van der Waals surface area contributed by atoms with E-state index in [0.717, 1.165) is 6.07 Å². The molecule has 0 heterocycles. The maximum atomic E-state index is 12.7. The first-order chi connectivity index (χ1) is 10.0. The van der Waals surface area contributed by atoms with Crippen molar-refractivity contribution in [1.82, 2.24) is 4.72 Å². The third kappa shape index (κ3) is 8.54. The molecule has 1 aromatic carbocycles. The van der Waals surface area contributed by atoms with Crippen LogP contribution in [0.15, 0.2) is 23.1 Å². The second kappa shape index (κ2) is 10.0. The van der Waals surface area contributed by atoms with Crippen LogP contribution in [-0.4, -0.2) is 9.75 Å². The van der Waals surface area contributed by atoms with Crippen LogP contribution < -0.4 is 4.72 Å². The molecule has 1 rings (SSSR count). The molecule has 130 valence electrons. The highest BCUT2D eigenvalue weighted by Gasteiger charge is 2.33. The van der Waals surface area contributed by atoms with Gasteiger partial charge in [-0.3, -0.25) is 0 Å². The molecule has 0 saturated carbocycles. The highest BCUT2D eigenvalue weighted by molar-refractivity contribution is 7.83. The Bertz CT molecular complexity index is 465. The van der Waals surface area contributed by atoms with E-state index in [0.29, 0.717) is 0 Å². The van der Waals surface area contributed by atoms with Crippen LogP contribution in [0.3, 0.4) is 0 Å². The van der Waals surface area contributed by atoms with E-state index in [1.807, 2.05) is 27.7 Å². The second-order valence-electron chi connectivity index (χ2n) is 5.10. The molecule has 1 N–H and O–H groups in total. The maximum absolute atomic E-state index is 12.7. The number of benzene rings is 1. The summed E-state index contributed by atoms with van der Waals surface area (Å²) >= 11 is 0. The van der Waals surface area contributed by atoms with Gasteiger partial charge in [-0.05, 0) is 45.4 Å². The zero-order valence-electron chi connectivity index (χ0n) is 14.7. The van der Waals surface area contributed by atoms with Crippen molar-refractivity contribution in [2.45, 2.75) is 72.0 Å². The summed E-state index contributed by atoms with van der Waals surface area (Å²) in [6.45, 7) is 14.8. The van der Waals surface area contributed by atoms with Crippen molar-refractivity contribution < 1.29 is 17.4 Å². The predicted molar refractivity (Wildman–Crippen MR) is 88.2 cm³/mol. The average molecular weight is 339 g/mol. The first-order valence-corrected chi connectivity index (χ1v) is 8.53. The normalized spacial score (nSPS) is 12.5. The van der Waals surface area contributed by atoms with Crippen LogP contribution in [0.4, 0.5) is 13.2 Å². The van der Waals surface area contributed by atoms with Crippen LogP contribution in [0.5, 0.6) is 0 Å². The Labute approximate surface area is 135 Å². The number of halogens is 3. The summed E-state index contributed by atoms with van der Waals surface area (Å²) in [4.78, 5) is 0.128. The smallest absolute Gasteiger partial charge is 0.237 e. The molecule has 2 nitrogen and oxygen atoms in total. The van der Waals surface area contributed by atoms with Crippen molar-refractivity contribution in [3.8, 4) is 0 Å². The zero-order chi connectivity index (χ0) is 18.1. The second-order valence-corrected chi connectivity index (χ2v) is 6.31. The van der Waals surface area contributed by atoms with E-state index in [1.165, 1.54) is 19.1 Å². The topological polar surface area (TPSA) is 29.1 Å². The van der Waals surface area contributed by atoms with Gasteiger partial charge in [-0.2, -0.15) is 13.2 Å². The number of rotatable bonds is 2. The molecule has 1 unspecified atom stereocenters. The Morgan fingerprint density at radius 1 is 1.00 bits per heavy atom. The van der Waals surface area contributed by atoms with Gasteiger partial charge in [0.15, 0.2) is 0 Å². The third-order valence-corrected chi connectivity index (χ3v) is 3.61. The van der Waals surface area contributed by atoms with Gasteiger partial charge in [0, 0.05) is 5.54 Å². The van der Waals surface area contributed by atoms with Crippen molar-refractivity contribution in [2.75, 3.05) is 0 Å². The molecule has 0 radical (unpaired) electrons. The van der Waals surface area contributed by atoms with Gasteiger partial charge in [0.2, 0.25) is 0 Å². The molecule has 0 aliphatic rings. The van der Waals surface area contributed by atoms with Gasteiger partial charge in [-0.15, -0.1) is 0 Å². The summed E-state index contributed by atoms with van der Waals surface area (Å²) in [5.41, 5.74) is -1.06. The highest BCUT2D eigenvalue weighted by atomic mass is 32.2. The molecule has 0 aliphatic heterocycles. The van der Waals surface area contributed by atoms with Crippen molar-refractivity contribution >= 4 is 11.0 Å². The van der Waals surface area contributed by atoms with Crippen LogP contribution in [0.2, 0.25) is 0 Å². The monoisotopic (exact) mass is 339 g/mol. The zero-order valence-corrected chi connectivity index (χ0v) is 15.5. The number of alkyl halides is 3. The number of hydrogen-bond acceptors (Lipinski definition) is 1. The minimum Gasteiger partial charge on any atom is -0.237 e. The van der Waals surface area contributed by atoms with E-state index < -0.39 is 28.3 Å². The Kier molecular flexibility index (Phi) is 10.6. The van der Waals surface area contributed by atoms with Gasteiger partial charge in [0.05, 0.1) is 10.5 Å². The molecule has 0 spiro atoms. The van der Waals surface area contributed by atoms with Gasteiger partial charge in [0.1, 0.15) is 11.0 Å². The Morgan fingerprint density at radius 2 is 1.45 bits per heavy atom. The van der Waals surface area contributed by atoms with Crippen molar-refractivity contribution in [3.63, 3.8) is 0 Å². The fourth-order valence-electron chi connectivity index (χ4n) is 1.36. The standard InChI is InChI=1S/C12H16F3NOS.2C2H6/c1-8-5-6-9(7-10(8)12(13,14)15)18(17)16-11(2,3)4;2*1-2/h5-7,16H,1-4H3;2*1-2H3. The molecule has 6 heteroatoms. The summed E-state index contributed by atoms with van der Waals surface area (Å²) in [6.07, 6.45) is -4.42. The molecule has 0 fully saturated rings. The van der Waals surface area contributed by atoms with Gasteiger partial charge >= 0.3 is 6.18 Å². The van der Waals surface area contributed by atoms with Gasteiger partial charge in [-0.1, -0.05) is 33.8 Å². The number of aryl methyl sites for hydroxylation is 1. The molecule has 0 amide bonds. The number of nitrogens with one attached hydrogen (secondary N) is 1.